The van der Waals surface area contributed by atoms with Crippen molar-refractivity contribution in [2.45, 2.75) is 13.8 Å². The lowest BCUT2D eigenvalue weighted by atomic mass is 9.98. The number of aromatic carboxylic acids is 1. The molecule has 0 radical (unpaired) electrons. The summed E-state index contributed by atoms with van der Waals surface area (Å²) in [4.78, 5) is 26.2. The summed E-state index contributed by atoms with van der Waals surface area (Å²) >= 11 is 6.19. The number of hydrogen-bond acceptors (Lipinski definition) is 7. The molecule has 0 fully saturated rings. The second-order valence-corrected chi connectivity index (χ2v) is 6.38. The van der Waals surface area contributed by atoms with Gasteiger partial charge in [-0.2, -0.15) is 0 Å². The zero-order valence-electron chi connectivity index (χ0n) is 14.6. The van der Waals surface area contributed by atoms with E-state index in [-0.39, 0.29) is 33.2 Å². The van der Waals surface area contributed by atoms with Crippen LogP contribution in [0.2, 0.25) is 5.15 Å². The number of hydrogen-bond donors (Lipinski definition) is 3. The molecular weight excluding hydrogens is 392 g/mol. The molecule has 0 aliphatic rings. The molecule has 0 unspecified atom stereocenters. The van der Waals surface area contributed by atoms with E-state index in [1.54, 1.807) is 19.9 Å². The van der Waals surface area contributed by atoms with Crippen molar-refractivity contribution in [2.24, 2.45) is 0 Å². The maximum atomic E-state index is 11.9. The van der Waals surface area contributed by atoms with Gasteiger partial charge in [0.1, 0.15) is 10.7 Å². The van der Waals surface area contributed by atoms with Crippen LogP contribution in [-0.4, -0.2) is 31.2 Å². The van der Waals surface area contributed by atoms with Gasteiger partial charge in [-0.15, -0.1) is 0 Å². The van der Waals surface area contributed by atoms with E-state index in [4.69, 9.17) is 16.0 Å². The minimum absolute atomic E-state index is 0.0248. The van der Waals surface area contributed by atoms with Crippen LogP contribution < -0.4 is 0 Å². The normalized spacial score (nSPS) is 10.8. The third kappa shape index (κ3) is 3.12. The molecule has 2 heterocycles. The number of aromatic nitrogens is 1. The van der Waals surface area contributed by atoms with Crippen LogP contribution in [0, 0.1) is 24.0 Å². The lowest BCUT2D eigenvalue weighted by Crippen LogP contribution is -2.01. The van der Waals surface area contributed by atoms with Gasteiger partial charge in [0.25, 0.3) is 0 Å². The van der Waals surface area contributed by atoms with Crippen LogP contribution in [0.3, 0.4) is 0 Å². The lowest BCUT2D eigenvalue weighted by molar-refractivity contribution is -0.385. The molecule has 3 N–H and O–H groups in total. The number of nitrogens with zero attached hydrogens (tertiary/aromatic N) is 2. The molecule has 0 aliphatic carbocycles. The summed E-state index contributed by atoms with van der Waals surface area (Å²) in [6, 6.07) is 3.65. The molecule has 10 heteroatoms. The van der Waals surface area contributed by atoms with Gasteiger partial charge in [0.05, 0.1) is 16.7 Å². The summed E-state index contributed by atoms with van der Waals surface area (Å²) in [5, 5.41) is 40.3. The number of carboxylic acids is 1. The smallest absolute Gasteiger partial charge is 0.340 e. The van der Waals surface area contributed by atoms with E-state index in [0.717, 1.165) is 18.4 Å². The van der Waals surface area contributed by atoms with Crippen LogP contribution in [0.15, 0.2) is 28.9 Å². The Kier molecular flexibility index (Phi) is 4.70. The molecule has 3 rings (SSSR count). The SMILES string of the molecule is Cc1cc(C)c(-c2occ(-c3cc(O)c(O)c([N+](=O)[O-])c3)c2C(=O)O)c(Cl)n1. The number of aromatic hydroxyl groups is 2. The van der Waals surface area contributed by atoms with Gasteiger partial charge in [-0.05, 0) is 37.1 Å². The Hall–Kier alpha value is -3.59. The summed E-state index contributed by atoms with van der Waals surface area (Å²) in [5.41, 5.74) is 0.387. The number of phenols is 2. The minimum atomic E-state index is -1.37. The second kappa shape index (κ2) is 6.86. The summed E-state index contributed by atoms with van der Waals surface area (Å²) in [5.74, 6) is -3.14. The Morgan fingerprint density at radius 3 is 2.50 bits per heavy atom. The Bertz CT molecular complexity index is 1110. The number of aryl methyl sites for hydroxylation is 2. The first kappa shape index (κ1) is 19.2. The van der Waals surface area contributed by atoms with Gasteiger partial charge in [0, 0.05) is 17.3 Å². The number of halogens is 1. The molecule has 1 aromatic carbocycles. The molecule has 3 aromatic rings. The number of phenolic OH excluding ortho intramolecular Hbond substituents is 2. The quantitative estimate of drug-likeness (QED) is 0.252. The molecule has 0 atom stereocenters. The van der Waals surface area contributed by atoms with Crippen LogP contribution in [0.25, 0.3) is 22.5 Å². The Labute approximate surface area is 162 Å². The number of carbonyl (C=O) groups is 1. The monoisotopic (exact) mass is 404 g/mol. The van der Waals surface area contributed by atoms with Gasteiger partial charge in [-0.1, -0.05) is 11.6 Å². The van der Waals surface area contributed by atoms with E-state index < -0.39 is 28.1 Å². The van der Waals surface area contributed by atoms with Gasteiger partial charge >= 0.3 is 11.7 Å². The summed E-state index contributed by atoms with van der Waals surface area (Å²) in [6.45, 7) is 3.44. The highest BCUT2D eigenvalue weighted by Crippen LogP contribution is 2.43. The van der Waals surface area contributed by atoms with Crippen molar-refractivity contribution in [1.82, 2.24) is 4.98 Å². The van der Waals surface area contributed by atoms with Gasteiger partial charge in [0.15, 0.2) is 11.5 Å². The predicted octanol–water partition coefficient (Wildman–Crippen LogP) is 4.30. The highest BCUT2D eigenvalue weighted by Gasteiger charge is 2.28. The summed E-state index contributed by atoms with van der Waals surface area (Å²) in [6.07, 6.45) is 1.09. The molecule has 144 valence electrons. The highest BCUT2D eigenvalue weighted by molar-refractivity contribution is 6.32. The van der Waals surface area contributed by atoms with Crippen molar-refractivity contribution in [3.05, 3.63) is 56.6 Å². The molecule has 28 heavy (non-hydrogen) atoms. The van der Waals surface area contributed by atoms with Gasteiger partial charge in [0.2, 0.25) is 5.75 Å². The van der Waals surface area contributed by atoms with Crippen LogP contribution in [0.5, 0.6) is 11.5 Å². The minimum Gasteiger partial charge on any atom is -0.504 e. The largest absolute Gasteiger partial charge is 0.504 e. The fraction of sp³-hybridized carbons (Fsp3) is 0.111. The third-order valence-corrected chi connectivity index (χ3v) is 4.38. The van der Waals surface area contributed by atoms with Crippen molar-refractivity contribution in [1.29, 1.82) is 0 Å². The van der Waals surface area contributed by atoms with Crippen LogP contribution in [0.4, 0.5) is 5.69 Å². The standard InChI is InChI=1S/C18H13ClN2O7/c1-7-3-8(2)20-17(19)13(7)16-14(18(24)25)10(6-28-16)9-4-11(21(26)27)15(23)12(22)5-9/h3-6,22-23H,1-2H3,(H,24,25). The van der Waals surface area contributed by atoms with Gasteiger partial charge in [-0.25, -0.2) is 9.78 Å². The molecule has 0 bridgehead atoms. The molecule has 0 aliphatic heterocycles. The van der Waals surface area contributed by atoms with E-state index in [0.29, 0.717) is 11.3 Å². The van der Waals surface area contributed by atoms with Crippen molar-refractivity contribution in [3.8, 4) is 33.9 Å². The van der Waals surface area contributed by atoms with E-state index in [1.807, 2.05) is 0 Å². The van der Waals surface area contributed by atoms with Gasteiger partial charge < -0.3 is 19.7 Å². The van der Waals surface area contributed by atoms with Crippen molar-refractivity contribution < 1.29 is 29.5 Å². The van der Waals surface area contributed by atoms with E-state index in [1.165, 1.54) is 0 Å². The predicted molar refractivity (Wildman–Crippen MR) is 98.8 cm³/mol. The molecule has 0 saturated carbocycles. The highest BCUT2D eigenvalue weighted by atomic mass is 35.5. The number of nitro groups is 1. The summed E-state index contributed by atoms with van der Waals surface area (Å²) in [7, 11) is 0. The second-order valence-electron chi connectivity index (χ2n) is 6.03. The van der Waals surface area contributed by atoms with E-state index in [9.17, 15) is 30.2 Å². The zero-order valence-corrected chi connectivity index (χ0v) is 15.3. The molecular formula is C18H13ClN2O7. The fourth-order valence-electron chi connectivity index (χ4n) is 2.93. The molecule has 0 amide bonds. The molecule has 0 spiro atoms. The van der Waals surface area contributed by atoms with Crippen LogP contribution in [-0.2, 0) is 0 Å². The van der Waals surface area contributed by atoms with Crippen molar-refractivity contribution >= 4 is 23.3 Å². The third-order valence-electron chi connectivity index (χ3n) is 4.11. The average Bonchev–Trinajstić information content (AvgIpc) is 3.00. The summed E-state index contributed by atoms with van der Waals surface area (Å²) < 4.78 is 5.45. The van der Waals surface area contributed by atoms with Gasteiger partial charge in [-0.3, -0.25) is 10.1 Å². The molecule has 0 saturated heterocycles. The maximum absolute atomic E-state index is 11.9. The number of carboxylic acid groups (broad SMARTS) is 1. The lowest BCUT2D eigenvalue weighted by Gasteiger charge is -2.08. The Morgan fingerprint density at radius 2 is 1.93 bits per heavy atom. The zero-order chi connectivity index (χ0) is 20.7. The first-order chi connectivity index (χ1) is 13.1. The van der Waals surface area contributed by atoms with Crippen molar-refractivity contribution in [3.63, 3.8) is 0 Å². The molecule has 9 nitrogen and oxygen atoms in total. The maximum Gasteiger partial charge on any atom is 0.340 e. The van der Waals surface area contributed by atoms with Crippen molar-refractivity contribution in [2.75, 3.05) is 0 Å². The average molecular weight is 405 g/mol. The number of nitro benzene ring substituents is 1. The van der Waals surface area contributed by atoms with E-state index >= 15 is 0 Å². The van der Waals surface area contributed by atoms with Crippen LogP contribution in [0.1, 0.15) is 21.6 Å². The number of furan rings is 1. The topological polar surface area (TPSA) is 147 Å². The first-order valence-electron chi connectivity index (χ1n) is 7.81. The molecule has 2 aromatic heterocycles. The number of rotatable bonds is 4. The van der Waals surface area contributed by atoms with E-state index in [2.05, 4.69) is 4.98 Å². The Balaban J connectivity index is 2.30. The Morgan fingerprint density at radius 1 is 1.25 bits per heavy atom. The fourth-order valence-corrected chi connectivity index (χ4v) is 3.30. The first-order valence-corrected chi connectivity index (χ1v) is 8.19. The number of benzene rings is 1. The number of pyridine rings is 1. The van der Waals surface area contributed by atoms with Crippen LogP contribution >= 0.6 is 11.6 Å².